The highest BCUT2D eigenvalue weighted by Gasteiger charge is 2.61. The number of fused-ring (bicyclic) bond motifs is 6. The lowest BCUT2D eigenvalue weighted by atomic mass is 9.49. The number of hydrogen-bond donors (Lipinski definition) is 4. The van der Waals surface area contributed by atoms with Gasteiger partial charge in [-0.1, -0.05) is 81.8 Å². The van der Waals surface area contributed by atoms with Crippen molar-refractivity contribution < 1.29 is 47.1 Å². The van der Waals surface area contributed by atoms with Crippen LogP contribution >= 0.6 is 55.1 Å². The first-order valence-corrected chi connectivity index (χ1v) is 37.7. The number of aromatic nitrogens is 10. The molecule has 3 saturated heterocycles. The highest BCUT2D eigenvalue weighted by molar-refractivity contribution is 9.10. The van der Waals surface area contributed by atoms with Crippen molar-refractivity contribution in [1.82, 2.24) is 48.8 Å². The number of rotatable bonds is 7. The molecule has 30 heteroatoms. The normalized spacial score (nSPS) is 16.2. The fourth-order valence-corrected chi connectivity index (χ4v) is 12.7. The van der Waals surface area contributed by atoms with Crippen LogP contribution in [0.4, 0.5) is 23.0 Å². The van der Waals surface area contributed by atoms with Gasteiger partial charge in [0.05, 0.1) is 68.9 Å². The maximum atomic E-state index is 11.8. The zero-order valence-electron chi connectivity index (χ0n) is 63.6. The Balaban J connectivity index is 0.000000143. The van der Waals surface area contributed by atoms with Gasteiger partial charge in [-0.05, 0) is 224 Å². The summed E-state index contributed by atoms with van der Waals surface area (Å²) < 4.78 is 42.6. The molecule has 111 heavy (non-hydrogen) atoms. The van der Waals surface area contributed by atoms with Crippen molar-refractivity contribution >= 4 is 188 Å². The van der Waals surface area contributed by atoms with E-state index in [1.165, 1.54) is 23.4 Å². The molecule has 13 aromatic rings. The number of carbonyl (C=O) groups excluding carboxylic acids is 4. The van der Waals surface area contributed by atoms with Gasteiger partial charge in [0.25, 0.3) is 0 Å². The maximum Gasteiger partial charge on any atom is 0.494 e. The second-order valence-corrected chi connectivity index (χ2v) is 31.7. The van der Waals surface area contributed by atoms with Gasteiger partial charge in [0.2, 0.25) is 28.2 Å². The van der Waals surface area contributed by atoms with Gasteiger partial charge in [0, 0.05) is 124 Å². The van der Waals surface area contributed by atoms with E-state index in [0.717, 1.165) is 87.1 Å². The number of nitrogens with zero attached hydrogens (tertiary/aromatic N) is 9. The van der Waals surface area contributed by atoms with Gasteiger partial charge in [-0.2, -0.15) is 5.10 Å². The number of anilines is 4. The van der Waals surface area contributed by atoms with Crippen molar-refractivity contribution in [3.8, 4) is 11.4 Å². The Bertz CT molecular complexity index is 5530. The number of aliphatic imine (C=N–C) groups is 1. The summed E-state index contributed by atoms with van der Waals surface area (Å²) in [5.41, 5.74) is 9.17. The van der Waals surface area contributed by atoms with Crippen LogP contribution in [0.25, 0.3) is 65.9 Å². The SMILES string of the molecule is Brc1ccc2cc[nH]c2c1.C.CC(=O)Cl.CC(=O)n1ccc2ccc(-c3nccc(Nc4ccc5[nH]ncc5c4)n3)cc21.CC(=O)n1ccc2ccc(B3OC(C)(C)C(C)(C)O3)cc21.CC(=O)n1ccc2ccc(Br)cc21.CC1OB(B2OC(C)(C)C(C)(C)O2)OC1(C)C.Clc1nccc(Nc2ccc3c(c2)C=NC3)n1. The lowest BCUT2D eigenvalue weighted by molar-refractivity contribution is -0.109. The summed E-state index contributed by atoms with van der Waals surface area (Å²) in [6.45, 7) is 29.0. The zero-order valence-corrected chi connectivity index (χ0v) is 68.3. The summed E-state index contributed by atoms with van der Waals surface area (Å²) in [7, 11) is -1.31. The van der Waals surface area contributed by atoms with Gasteiger partial charge < -0.3 is 43.5 Å². The van der Waals surface area contributed by atoms with Crippen LogP contribution in [0.5, 0.6) is 0 Å². The third-order valence-electron chi connectivity index (χ3n) is 19.5. The lowest BCUT2D eigenvalue weighted by Gasteiger charge is -2.32. The predicted molar refractivity (Wildman–Crippen MR) is 453 cm³/mol. The molecule has 0 amide bonds. The Morgan fingerprint density at radius 3 is 1.66 bits per heavy atom. The van der Waals surface area contributed by atoms with Crippen LogP contribution in [-0.2, 0) is 39.3 Å². The van der Waals surface area contributed by atoms with Crippen LogP contribution in [0, 0.1) is 0 Å². The quantitative estimate of drug-likeness (QED) is 0.0656. The summed E-state index contributed by atoms with van der Waals surface area (Å²) in [6, 6.07) is 47.4. The molecule has 0 aliphatic carbocycles. The highest BCUT2D eigenvalue weighted by Crippen LogP contribution is 2.41. The molecule has 4 aliphatic rings. The molecule has 1 unspecified atom stereocenters. The van der Waals surface area contributed by atoms with Gasteiger partial charge in [-0.15, -0.1) is 0 Å². The van der Waals surface area contributed by atoms with E-state index in [2.05, 4.69) is 118 Å². The Kier molecular flexibility index (Phi) is 26.6. The minimum Gasteiger partial charge on any atom is -0.408 e. The fourth-order valence-electron chi connectivity index (χ4n) is 11.9. The summed E-state index contributed by atoms with van der Waals surface area (Å²) in [4.78, 5) is 68.1. The van der Waals surface area contributed by atoms with Crippen molar-refractivity contribution in [2.75, 3.05) is 10.6 Å². The van der Waals surface area contributed by atoms with Crippen LogP contribution in [0.3, 0.4) is 0 Å². The van der Waals surface area contributed by atoms with E-state index < -0.39 is 21.1 Å². The van der Waals surface area contributed by atoms with E-state index in [4.69, 9.17) is 39.5 Å². The molecule has 7 aromatic heterocycles. The lowest BCUT2D eigenvalue weighted by Crippen LogP contribution is -2.41. The third kappa shape index (κ3) is 20.4. The first-order valence-electron chi connectivity index (χ1n) is 35.4. The van der Waals surface area contributed by atoms with Gasteiger partial charge in [-0.25, -0.2) is 19.9 Å². The Morgan fingerprint density at radius 2 is 1.07 bits per heavy atom. The smallest absolute Gasteiger partial charge is 0.408 e. The van der Waals surface area contributed by atoms with Crippen LogP contribution in [0.1, 0.15) is 137 Å². The van der Waals surface area contributed by atoms with Crippen LogP contribution < -0.4 is 16.1 Å². The zero-order chi connectivity index (χ0) is 79.2. The minimum absolute atomic E-state index is 0. The van der Waals surface area contributed by atoms with E-state index in [0.29, 0.717) is 17.5 Å². The molecule has 23 nitrogen and oxygen atoms in total. The first-order chi connectivity index (χ1) is 52.0. The molecule has 0 bridgehead atoms. The molecule has 11 heterocycles. The monoisotopic (exact) mass is 1660 g/mol. The average Bonchev–Trinajstić information content (AvgIpc) is 1.61. The molecule has 0 radical (unpaired) electrons. The average molecular weight is 1670 g/mol. The second kappa shape index (κ2) is 35.1. The van der Waals surface area contributed by atoms with Gasteiger partial charge in [0.15, 0.2) is 5.82 Å². The summed E-state index contributed by atoms with van der Waals surface area (Å²) in [5.74, 6) is 1.96. The molecule has 0 spiro atoms. The molecule has 574 valence electrons. The van der Waals surface area contributed by atoms with Crippen molar-refractivity contribution in [1.29, 1.82) is 0 Å². The van der Waals surface area contributed by atoms with E-state index in [1.807, 2.05) is 204 Å². The van der Waals surface area contributed by atoms with E-state index in [-0.39, 0.29) is 69.8 Å². The first kappa shape index (κ1) is 84.0. The van der Waals surface area contributed by atoms with Gasteiger partial charge in [-0.3, -0.25) is 43.0 Å². The van der Waals surface area contributed by atoms with Crippen LogP contribution in [0.15, 0.2) is 203 Å². The van der Waals surface area contributed by atoms with Crippen molar-refractivity contribution in [2.24, 2.45) is 4.99 Å². The van der Waals surface area contributed by atoms with Crippen LogP contribution in [0.2, 0.25) is 5.28 Å². The van der Waals surface area contributed by atoms with Gasteiger partial charge in [0.1, 0.15) is 11.6 Å². The number of hydrogen-bond acceptors (Lipinski definition) is 18. The second-order valence-electron chi connectivity index (χ2n) is 29.0. The van der Waals surface area contributed by atoms with Crippen molar-refractivity contribution in [3.63, 3.8) is 0 Å². The maximum absolute atomic E-state index is 11.8. The molecule has 17 rings (SSSR count). The number of carbonyl (C=O) groups is 4. The minimum atomic E-state index is -0.454. The molecular formula is C81H88B3Br2Cl2N13O10. The molecule has 4 aliphatic heterocycles. The summed E-state index contributed by atoms with van der Waals surface area (Å²) >= 11 is 17.1. The topological polar surface area (TPSA) is 271 Å². The Labute approximate surface area is 673 Å². The molecule has 3 fully saturated rings. The van der Waals surface area contributed by atoms with Crippen LogP contribution in [-0.4, -0.2) is 133 Å². The molecular weight excluding hydrogens is 1580 g/mol. The van der Waals surface area contributed by atoms with Gasteiger partial charge >= 0.3 is 21.1 Å². The molecule has 4 N–H and O–H groups in total. The Hall–Kier alpha value is -9.45. The predicted octanol–water partition coefficient (Wildman–Crippen LogP) is 19.0. The number of halogens is 4. The van der Waals surface area contributed by atoms with E-state index >= 15 is 0 Å². The number of nitrogens with one attached hydrogen (secondary N) is 4. The van der Waals surface area contributed by atoms with E-state index in [1.54, 1.807) is 77.7 Å². The summed E-state index contributed by atoms with van der Waals surface area (Å²) in [6.07, 6.45) is 14.3. The standard InChI is InChI=1S/C21H16N6O.C16H20BNO3.C12H9ClN4.C11H22B2O4.C10H8BrNO.C8H6BrN.C2H3ClO.CH4/c1-13(28)27-9-7-14-2-3-15(11-19(14)27)21-22-8-6-20(25-21)24-17-4-5-18-16(10-17)12-23-26-18;1-11(19)18-9-8-12-6-7-13(10-14(12)18)17-20-15(2,3)16(4,5)21-17;13-12-15-4-3-11(17-12)16-10-2-1-8-6-14-7-9(8)5-10;1-8-9(2,3)15-12(14-8)13-16-10(4,5)11(6,7)17-13;1-7(13)12-5-4-8-2-3-9(11)6-10(8)12;9-7-2-1-6-3-4-10-8(6)5-7;1-2(3)4;/h2-12H,1H3,(H,23,26)(H,22,24,25);6-10H,1-5H3;1-5,7H,6H2,(H,15,16,17);8H,1-7H3;2-6H,1H3;1-5,10H;1H3;1H4. The third-order valence-corrected chi connectivity index (χ3v) is 20.7. The number of aromatic amines is 2. The number of benzene rings is 6. The number of H-pyrrole nitrogens is 2. The van der Waals surface area contributed by atoms with Crippen molar-refractivity contribution in [3.05, 3.63) is 214 Å². The highest BCUT2D eigenvalue weighted by atomic mass is 79.9. The van der Waals surface area contributed by atoms with Crippen molar-refractivity contribution in [2.45, 2.75) is 152 Å². The van der Waals surface area contributed by atoms with E-state index in [9.17, 15) is 19.2 Å². The molecule has 0 saturated carbocycles. The molecule has 6 aromatic carbocycles. The Morgan fingerprint density at radius 1 is 0.550 bits per heavy atom. The largest absolute Gasteiger partial charge is 0.494 e. The fraction of sp³-hybridized carbons (Fsp3) is 0.284. The molecule has 1 atom stereocenters. The summed E-state index contributed by atoms with van der Waals surface area (Å²) in [5, 5.41) is 18.7.